The van der Waals surface area contributed by atoms with Crippen LogP contribution in [0.3, 0.4) is 0 Å². The van der Waals surface area contributed by atoms with Crippen molar-refractivity contribution in [3.05, 3.63) is 30.3 Å². The standard InChI is InChI=1S/C14H21NO2S.C2H6/c1-14(2,12-8-10-15-11-9-12)18(16,17)13-6-4-3-5-7-13;1-2/h3-7,12,15H,8-11H2,1-2H3;1-2H3. The summed E-state index contributed by atoms with van der Waals surface area (Å²) in [6, 6.07) is 8.80. The molecule has 1 heterocycles. The van der Waals surface area contributed by atoms with Gasteiger partial charge < -0.3 is 5.32 Å². The Hall–Kier alpha value is -0.870. The second kappa shape index (κ2) is 7.23. The lowest BCUT2D eigenvalue weighted by Gasteiger charge is -2.36. The summed E-state index contributed by atoms with van der Waals surface area (Å²) in [6.07, 6.45) is 1.86. The zero-order valence-electron chi connectivity index (χ0n) is 13.0. The molecule has 0 atom stereocenters. The molecule has 2 rings (SSSR count). The molecule has 1 aliphatic heterocycles. The summed E-state index contributed by atoms with van der Waals surface area (Å²) >= 11 is 0. The predicted molar refractivity (Wildman–Crippen MR) is 84.6 cm³/mol. The highest BCUT2D eigenvalue weighted by Gasteiger charge is 2.42. The summed E-state index contributed by atoms with van der Waals surface area (Å²) in [6.45, 7) is 9.56. The first-order valence-corrected chi connectivity index (χ1v) is 8.95. The minimum absolute atomic E-state index is 0.226. The molecular formula is C16H27NO2S. The summed E-state index contributed by atoms with van der Waals surface area (Å²) in [5, 5.41) is 3.28. The van der Waals surface area contributed by atoms with Crippen LogP contribution >= 0.6 is 0 Å². The fraction of sp³-hybridized carbons (Fsp3) is 0.625. The molecule has 114 valence electrons. The zero-order valence-corrected chi connectivity index (χ0v) is 13.8. The van der Waals surface area contributed by atoms with Crippen LogP contribution in [0, 0.1) is 5.92 Å². The van der Waals surface area contributed by atoms with Gasteiger partial charge in [0.1, 0.15) is 0 Å². The molecular weight excluding hydrogens is 270 g/mol. The Morgan fingerprint density at radius 3 is 2.05 bits per heavy atom. The Morgan fingerprint density at radius 1 is 1.05 bits per heavy atom. The molecule has 1 aliphatic rings. The fourth-order valence-electron chi connectivity index (χ4n) is 2.64. The maximum atomic E-state index is 12.7. The summed E-state index contributed by atoms with van der Waals surface area (Å²) in [5.41, 5.74) is 0. The van der Waals surface area contributed by atoms with Crippen LogP contribution in [0.5, 0.6) is 0 Å². The van der Waals surface area contributed by atoms with E-state index < -0.39 is 14.6 Å². The molecule has 20 heavy (non-hydrogen) atoms. The molecule has 0 spiro atoms. The highest BCUT2D eigenvalue weighted by Crippen LogP contribution is 2.36. The van der Waals surface area contributed by atoms with Crippen molar-refractivity contribution in [2.45, 2.75) is 50.2 Å². The Balaban J connectivity index is 0.000000956. The lowest BCUT2D eigenvalue weighted by molar-refractivity contribution is 0.305. The summed E-state index contributed by atoms with van der Waals surface area (Å²) in [5.74, 6) is 0.226. The van der Waals surface area contributed by atoms with Crippen molar-refractivity contribution in [2.75, 3.05) is 13.1 Å². The average Bonchev–Trinajstić information content (AvgIpc) is 2.51. The van der Waals surface area contributed by atoms with Crippen molar-refractivity contribution >= 4 is 9.84 Å². The third-order valence-electron chi connectivity index (χ3n) is 4.07. The Labute approximate surface area is 123 Å². The normalized spacial score (nSPS) is 17.2. The number of rotatable bonds is 3. The first-order valence-electron chi connectivity index (χ1n) is 7.46. The number of sulfone groups is 1. The minimum atomic E-state index is -3.27. The van der Waals surface area contributed by atoms with E-state index in [1.807, 2.05) is 33.8 Å². The molecule has 0 aromatic heterocycles. The van der Waals surface area contributed by atoms with Gasteiger partial charge >= 0.3 is 0 Å². The van der Waals surface area contributed by atoms with Gasteiger partial charge in [-0.25, -0.2) is 8.42 Å². The van der Waals surface area contributed by atoms with E-state index in [1.165, 1.54) is 0 Å². The molecule has 0 saturated carbocycles. The SMILES string of the molecule is CC.CC(C)(C1CCNCC1)S(=O)(=O)c1ccccc1. The van der Waals surface area contributed by atoms with E-state index in [4.69, 9.17) is 0 Å². The maximum Gasteiger partial charge on any atom is 0.183 e. The first-order chi connectivity index (χ1) is 9.46. The van der Waals surface area contributed by atoms with E-state index in [-0.39, 0.29) is 5.92 Å². The second-order valence-electron chi connectivity index (χ2n) is 5.44. The molecule has 0 bridgehead atoms. The lowest BCUT2D eigenvalue weighted by atomic mass is 9.86. The molecule has 1 aromatic carbocycles. The minimum Gasteiger partial charge on any atom is -0.317 e. The van der Waals surface area contributed by atoms with Gasteiger partial charge in [0, 0.05) is 0 Å². The van der Waals surface area contributed by atoms with Crippen LogP contribution in [-0.2, 0) is 9.84 Å². The van der Waals surface area contributed by atoms with Gasteiger partial charge in [-0.15, -0.1) is 0 Å². The smallest absolute Gasteiger partial charge is 0.183 e. The van der Waals surface area contributed by atoms with Gasteiger partial charge in [0.25, 0.3) is 0 Å². The van der Waals surface area contributed by atoms with Crippen LogP contribution in [0.4, 0.5) is 0 Å². The van der Waals surface area contributed by atoms with Crippen LogP contribution in [0.15, 0.2) is 35.2 Å². The average molecular weight is 297 g/mol. The van der Waals surface area contributed by atoms with Gasteiger partial charge in [0.2, 0.25) is 0 Å². The highest BCUT2D eigenvalue weighted by atomic mass is 32.2. The van der Waals surface area contributed by atoms with Crippen LogP contribution in [-0.4, -0.2) is 26.3 Å². The summed E-state index contributed by atoms with van der Waals surface area (Å²) in [4.78, 5) is 0.438. The van der Waals surface area contributed by atoms with E-state index in [2.05, 4.69) is 5.32 Å². The molecule has 1 fully saturated rings. The van der Waals surface area contributed by atoms with Crippen molar-refractivity contribution in [1.82, 2.24) is 5.32 Å². The Kier molecular flexibility index (Phi) is 6.21. The van der Waals surface area contributed by atoms with Crippen LogP contribution < -0.4 is 5.32 Å². The Morgan fingerprint density at radius 2 is 1.55 bits per heavy atom. The van der Waals surface area contributed by atoms with Crippen molar-refractivity contribution in [1.29, 1.82) is 0 Å². The molecule has 0 radical (unpaired) electrons. The lowest BCUT2D eigenvalue weighted by Crippen LogP contribution is -2.45. The molecule has 0 aliphatic carbocycles. The predicted octanol–water partition coefficient (Wildman–Crippen LogP) is 3.26. The first kappa shape index (κ1) is 17.2. The van der Waals surface area contributed by atoms with Gasteiger partial charge in [0.05, 0.1) is 9.64 Å². The van der Waals surface area contributed by atoms with Crippen LogP contribution in [0.2, 0.25) is 0 Å². The highest BCUT2D eigenvalue weighted by molar-refractivity contribution is 7.92. The second-order valence-corrected chi connectivity index (χ2v) is 7.97. The number of nitrogens with one attached hydrogen (secondary N) is 1. The van der Waals surface area contributed by atoms with E-state index in [1.54, 1.807) is 24.3 Å². The topological polar surface area (TPSA) is 46.2 Å². The molecule has 0 amide bonds. The summed E-state index contributed by atoms with van der Waals surface area (Å²) < 4.78 is 24.8. The van der Waals surface area contributed by atoms with Gasteiger partial charge in [-0.3, -0.25) is 0 Å². The van der Waals surface area contributed by atoms with Crippen LogP contribution in [0.25, 0.3) is 0 Å². The molecule has 3 nitrogen and oxygen atoms in total. The van der Waals surface area contributed by atoms with E-state index in [0.717, 1.165) is 25.9 Å². The number of piperidine rings is 1. The Bertz CT molecular complexity index is 488. The molecule has 1 saturated heterocycles. The number of hydrogen-bond acceptors (Lipinski definition) is 3. The fourth-order valence-corrected chi connectivity index (χ4v) is 4.44. The van der Waals surface area contributed by atoms with E-state index in [9.17, 15) is 8.42 Å². The quantitative estimate of drug-likeness (QED) is 0.931. The van der Waals surface area contributed by atoms with Gasteiger partial charge in [-0.05, 0) is 57.8 Å². The maximum absolute atomic E-state index is 12.7. The third kappa shape index (κ3) is 3.41. The number of benzene rings is 1. The van der Waals surface area contributed by atoms with Gasteiger partial charge in [-0.2, -0.15) is 0 Å². The van der Waals surface area contributed by atoms with Crippen LogP contribution in [0.1, 0.15) is 40.5 Å². The summed E-state index contributed by atoms with van der Waals surface area (Å²) in [7, 11) is -3.27. The zero-order chi connectivity index (χ0) is 15.2. The number of hydrogen-bond donors (Lipinski definition) is 1. The van der Waals surface area contributed by atoms with E-state index >= 15 is 0 Å². The van der Waals surface area contributed by atoms with E-state index in [0.29, 0.717) is 4.90 Å². The third-order valence-corrected chi connectivity index (χ3v) is 6.68. The van der Waals surface area contributed by atoms with Crippen molar-refractivity contribution < 1.29 is 8.42 Å². The monoisotopic (exact) mass is 297 g/mol. The van der Waals surface area contributed by atoms with Gasteiger partial charge in [0.15, 0.2) is 9.84 Å². The largest absolute Gasteiger partial charge is 0.317 e. The van der Waals surface area contributed by atoms with Crippen molar-refractivity contribution in [3.63, 3.8) is 0 Å². The molecule has 1 aromatic rings. The van der Waals surface area contributed by atoms with Crippen molar-refractivity contribution in [3.8, 4) is 0 Å². The van der Waals surface area contributed by atoms with Crippen molar-refractivity contribution in [2.24, 2.45) is 5.92 Å². The molecule has 4 heteroatoms. The molecule has 1 N–H and O–H groups in total. The van der Waals surface area contributed by atoms with Gasteiger partial charge in [-0.1, -0.05) is 32.0 Å². The molecule has 0 unspecified atom stereocenters.